The Kier molecular flexibility index (Phi) is 10.6. The molecule has 4 rings (SSSR count). The lowest BCUT2D eigenvalue weighted by molar-refractivity contribution is -0.114. The summed E-state index contributed by atoms with van der Waals surface area (Å²) in [5, 5.41) is 17.5. The predicted octanol–water partition coefficient (Wildman–Crippen LogP) is 6.94. The number of hydrogen-bond donors (Lipinski definition) is 4. The number of carbonyl (C=O) groups excluding carboxylic acids is 3. The first kappa shape index (κ1) is 30.6. The van der Waals surface area contributed by atoms with Crippen molar-refractivity contribution >= 4 is 80.4 Å². The minimum Gasteiger partial charge on any atom is -0.478 e. The molecule has 11 heteroatoms. The van der Waals surface area contributed by atoms with Gasteiger partial charge >= 0.3 is 5.97 Å². The molecule has 0 fully saturated rings. The van der Waals surface area contributed by atoms with Crippen LogP contribution in [0, 0.1) is 0 Å². The quantitative estimate of drug-likeness (QED) is 0.108. The van der Waals surface area contributed by atoms with Crippen molar-refractivity contribution < 1.29 is 24.3 Å². The summed E-state index contributed by atoms with van der Waals surface area (Å²) in [6, 6.07) is 26.8. The second-order valence-electron chi connectivity index (χ2n) is 8.75. The van der Waals surface area contributed by atoms with Crippen LogP contribution in [0.25, 0.3) is 6.08 Å². The van der Waals surface area contributed by atoms with Crippen LogP contribution in [0.15, 0.2) is 112 Å². The van der Waals surface area contributed by atoms with Crippen LogP contribution in [0.5, 0.6) is 0 Å². The topological polar surface area (TPSA) is 125 Å². The molecule has 0 saturated heterocycles. The minimum absolute atomic E-state index is 0.000859. The van der Waals surface area contributed by atoms with Gasteiger partial charge in [0, 0.05) is 20.6 Å². The number of carboxylic acid groups (broad SMARTS) is 1. The van der Waals surface area contributed by atoms with Gasteiger partial charge in [-0.05, 0) is 72.3 Å². The third kappa shape index (κ3) is 8.81. The van der Waals surface area contributed by atoms with Gasteiger partial charge in [-0.15, -0.1) is 11.8 Å². The molecule has 0 aromatic heterocycles. The van der Waals surface area contributed by atoms with E-state index in [-0.39, 0.29) is 33.6 Å². The zero-order valence-electron chi connectivity index (χ0n) is 21.8. The standard InChI is InChI=1S/C31H23BrClN3O5S/c32-22-9-4-6-19(14-22)15-27(36-29(38)20-7-2-1-3-8-20)30(39)34-23-10-5-11-24(17-23)42-18-28(37)35-26-16-21(31(40)41)12-13-25(26)33/h1-17H,18H2,(H,34,39)(H,35,37)(H,36,38)(H,40,41)/b27-15+. The van der Waals surface area contributed by atoms with Gasteiger partial charge in [0.15, 0.2) is 0 Å². The number of rotatable bonds is 10. The highest BCUT2D eigenvalue weighted by atomic mass is 79.9. The molecule has 0 heterocycles. The van der Waals surface area contributed by atoms with Gasteiger partial charge in [-0.25, -0.2) is 4.79 Å². The van der Waals surface area contributed by atoms with Crippen molar-refractivity contribution in [3.8, 4) is 0 Å². The molecule has 0 bridgehead atoms. The normalized spacial score (nSPS) is 11.0. The Bertz CT molecular complexity index is 1680. The Morgan fingerprint density at radius 2 is 1.60 bits per heavy atom. The lowest BCUT2D eigenvalue weighted by Gasteiger charge is -2.12. The highest BCUT2D eigenvalue weighted by molar-refractivity contribution is 9.10. The van der Waals surface area contributed by atoms with Crippen LogP contribution in [0.4, 0.5) is 11.4 Å². The number of carboxylic acids is 1. The highest BCUT2D eigenvalue weighted by Gasteiger charge is 2.16. The lowest BCUT2D eigenvalue weighted by Crippen LogP contribution is -2.30. The molecular weight excluding hydrogens is 642 g/mol. The molecule has 0 aliphatic carbocycles. The van der Waals surface area contributed by atoms with E-state index in [2.05, 4.69) is 31.9 Å². The first-order chi connectivity index (χ1) is 20.2. The van der Waals surface area contributed by atoms with Gasteiger partial charge in [0.2, 0.25) is 5.91 Å². The number of thioether (sulfide) groups is 1. The van der Waals surface area contributed by atoms with Crippen LogP contribution in [0.1, 0.15) is 26.3 Å². The molecule has 4 aromatic carbocycles. The van der Waals surface area contributed by atoms with Crippen molar-refractivity contribution in [2.75, 3.05) is 16.4 Å². The van der Waals surface area contributed by atoms with Crippen LogP contribution in [-0.2, 0) is 9.59 Å². The molecule has 42 heavy (non-hydrogen) atoms. The van der Waals surface area contributed by atoms with Gasteiger partial charge in [-0.2, -0.15) is 0 Å². The Balaban J connectivity index is 1.45. The second kappa shape index (κ2) is 14.5. The van der Waals surface area contributed by atoms with E-state index in [1.807, 2.05) is 18.2 Å². The fourth-order valence-electron chi connectivity index (χ4n) is 3.66. The minimum atomic E-state index is -1.13. The first-order valence-corrected chi connectivity index (χ1v) is 14.5. The first-order valence-electron chi connectivity index (χ1n) is 12.4. The summed E-state index contributed by atoms with van der Waals surface area (Å²) in [5.74, 6) is -2.48. The third-order valence-corrected chi connectivity index (χ3v) is 7.45. The molecule has 0 radical (unpaired) electrons. The Labute approximate surface area is 259 Å². The van der Waals surface area contributed by atoms with Gasteiger partial charge in [0.25, 0.3) is 11.8 Å². The molecule has 4 N–H and O–H groups in total. The van der Waals surface area contributed by atoms with E-state index < -0.39 is 17.8 Å². The zero-order valence-corrected chi connectivity index (χ0v) is 24.9. The number of carbonyl (C=O) groups is 4. The van der Waals surface area contributed by atoms with Crippen LogP contribution < -0.4 is 16.0 Å². The number of benzene rings is 4. The van der Waals surface area contributed by atoms with E-state index in [0.717, 1.165) is 4.47 Å². The molecule has 0 atom stereocenters. The largest absolute Gasteiger partial charge is 0.478 e. The summed E-state index contributed by atoms with van der Waals surface area (Å²) in [5.41, 5.74) is 1.80. The second-order valence-corrected chi connectivity index (χ2v) is 11.1. The molecule has 0 unspecified atom stereocenters. The fourth-order valence-corrected chi connectivity index (χ4v) is 4.99. The molecule has 3 amide bonds. The number of amides is 3. The summed E-state index contributed by atoms with van der Waals surface area (Å²) >= 11 is 10.7. The SMILES string of the molecule is O=C(CSc1cccc(NC(=O)/C(=C\c2cccc(Br)c2)NC(=O)c2ccccc2)c1)Nc1cc(C(=O)O)ccc1Cl. The van der Waals surface area contributed by atoms with Crippen molar-refractivity contribution in [3.05, 3.63) is 129 Å². The number of hydrogen-bond acceptors (Lipinski definition) is 5. The van der Waals surface area contributed by atoms with E-state index in [4.69, 9.17) is 11.6 Å². The molecule has 0 aliphatic rings. The maximum atomic E-state index is 13.3. The van der Waals surface area contributed by atoms with E-state index in [0.29, 0.717) is 21.7 Å². The molecule has 0 aliphatic heterocycles. The van der Waals surface area contributed by atoms with Crippen LogP contribution in [-0.4, -0.2) is 34.6 Å². The number of halogens is 2. The predicted molar refractivity (Wildman–Crippen MR) is 169 cm³/mol. The molecule has 212 valence electrons. The highest BCUT2D eigenvalue weighted by Crippen LogP contribution is 2.26. The molecule has 4 aromatic rings. The van der Waals surface area contributed by atoms with Crippen molar-refractivity contribution in [3.63, 3.8) is 0 Å². The summed E-state index contributed by atoms with van der Waals surface area (Å²) in [4.78, 5) is 50.6. The Morgan fingerprint density at radius 1 is 0.833 bits per heavy atom. The van der Waals surface area contributed by atoms with Crippen molar-refractivity contribution in [2.24, 2.45) is 0 Å². The molecule has 0 saturated carbocycles. The average molecular weight is 665 g/mol. The summed E-state index contributed by atoms with van der Waals surface area (Å²) in [6.45, 7) is 0. The van der Waals surface area contributed by atoms with Crippen LogP contribution in [0.3, 0.4) is 0 Å². The molecule has 8 nitrogen and oxygen atoms in total. The number of anilines is 2. The van der Waals surface area contributed by atoms with Gasteiger partial charge < -0.3 is 21.1 Å². The Hall–Kier alpha value is -4.38. The lowest BCUT2D eigenvalue weighted by atomic mass is 10.1. The average Bonchev–Trinajstić information content (AvgIpc) is 2.97. The Morgan fingerprint density at radius 3 is 2.33 bits per heavy atom. The van der Waals surface area contributed by atoms with E-state index in [1.54, 1.807) is 66.7 Å². The monoisotopic (exact) mass is 663 g/mol. The van der Waals surface area contributed by atoms with E-state index >= 15 is 0 Å². The van der Waals surface area contributed by atoms with Crippen molar-refractivity contribution in [1.82, 2.24) is 5.32 Å². The van der Waals surface area contributed by atoms with Crippen molar-refractivity contribution in [1.29, 1.82) is 0 Å². The molecular formula is C31H23BrClN3O5S. The van der Waals surface area contributed by atoms with Gasteiger partial charge in [0.1, 0.15) is 5.70 Å². The van der Waals surface area contributed by atoms with E-state index in [9.17, 15) is 24.3 Å². The number of nitrogens with one attached hydrogen (secondary N) is 3. The van der Waals surface area contributed by atoms with Crippen LogP contribution in [0.2, 0.25) is 5.02 Å². The van der Waals surface area contributed by atoms with Crippen molar-refractivity contribution in [2.45, 2.75) is 4.90 Å². The zero-order chi connectivity index (χ0) is 30.1. The fraction of sp³-hybridized carbons (Fsp3) is 0.0323. The van der Waals surface area contributed by atoms with E-state index in [1.165, 1.54) is 30.0 Å². The number of aromatic carboxylic acids is 1. The van der Waals surface area contributed by atoms with Gasteiger partial charge in [0.05, 0.1) is 22.0 Å². The summed E-state index contributed by atoms with van der Waals surface area (Å²) < 4.78 is 0.816. The molecule has 0 spiro atoms. The van der Waals surface area contributed by atoms with Crippen LogP contribution >= 0.6 is 39.3 Å². The maximum absolute atomic E-state index is 13.3. The summed E-state index contributed by atoms with van der Waals surface area (Å²) in [7, 11) is 0. The third-order valence-electron chi connectivity index (χ3n) is 5.64. The van der Waals surface area contributed by atoms with Gasteiger partial charge in [-0.3, -0.25) is 14.4 Å². The summed E-state index contributed by atoms with van der Waals surface area (Å²) in [6.07, 6.45) is 1.58. The maximum Gasteiger partial charge on any atom is 0.335 e. The van der Waals surface area contributed by atoms with Gasteiger partial charge in [-0.1, -0.05) is 63.9 Å². The smallest absolute Gasteiger partial charge is 0.335 e.